The van der Waals surface area contributed by atoms with Crippen molar-refractivity contribution in [1.29, 1.82) is 0 Å². The molecule has 11 heteroatoms. The van der Waals surface area contributed by atoms with Gasteiger partial charge >= 0.3 is 7.75 Å². The van der Waals surface area contributed by atoms with E-state index in [4.69, 9.17) is 4.74 Å². The number of rotatable bonds is 5. The normalized spacial score (nSPS) is 11.9. The Morgan fingerprint density at radius 2 is 2.26 bits per heavy atom. The number of aromatic nitrogens is 4. The van der Waals surface area contributed by atoms with E-state index in [-0.39, 0.29) is 30.3 Å². The summed E-state index contributed by atoms with van der Waals surface area (Å²) in [6.45, 7) is -0.0624. The van der Waals surface area contributed by atoms with E-state index < -0.39 is 13.3 Å². The van der Waals surface area contributed by atoms with Gasteiger partial charge in [0.15, 0.2) is 11.2 Å². The third-order valence-electron chi connectivity index (χ3n) is 2.35. The van der Waals surface area contributed by atoms with E-state index >= 15 is 0 Å². The fourth-order valence-corrected chi connectivity index (χ4v) is 2.17. The molecule has 0 aromatic carbocycles. The summed E-state index contributed by atoms with van der Waals surface area (Å²) in [6.07, 6.45) is 1.27. The van der Waals surface area contributed by atoms with Gasteiger partial charge in [0.2, 0.25) is 5.95 Å². The highest BCUT2D eigenvalue weighted by Crippen LogP contribution is 2.41. The zero-order valence-electron chi connectivity index (χ0n) is 9.90. The molecule has 2 heterocycles. The molecule has 0 saturated heterocycles. The predicted octanol–water partition coefficient (Wildman–Crippen LogP) is -0.808. The van der Waals surface area contributed by atoms with Crippen LogP contribution < -0.4 is 10.2 Å². The maximum Gasteiger partial charge on any atom is 0.432 e. The zero-order valence-corrected chi connectivity index (χ0v) is 10.8. The Labute approximate surface area is 106 Å². The summed E-state index contributed by atoms with van der Waals surface area (Å²) < 4.78 is 16.8. The van der Waals surface area contributed by atoms with Crippen LogP contribution in [0.1, 0.15) is 0 Å². The Morgan fingerprint density at radius 3 is 2.89 bits per heavy atom. The van der Waals surface area contributed by atoms with E-state index in [0.717, 1.165) is 0 Å². The van der Waals surface area contributed by atoms with E-state index in [2.05, 4.69) is 19.9 Å². The molecule has 104 valence electrons. The van der Waals surface area contributed by atoms with Crippen LogP contribution in [0.25, 0.3) is 11.2 Å². The number of hydrogen-bond donors (Lipinski definition) is 4. The molecule has 19 heavy (non-hydrogen) atoms. The van der Waals surface area contributed by atoms with Crippen LogP contribution in [-0.4, -0.2) is 50.0 Å². The van der Waals surface area contributed by atoms with Gasteiger partial charge in [-0.25, -0.2) is 14.2 Å². The number of anilines is 1. The van der Waals surface area contributed by atoms with E-state index in [1.54, 1.807) is 0 Å². The smallest absolute Gasteiger partial charge is 0.383 e. The van der Waals surface area contributed by atoms with E-state index in [0.29, 0.717) is 4.67 Å². The number of nitrogens with one attached hydrogen (secondary N) is 2. The number of ether oxygens (including phenoxy) is 1. The molecule has 2 aromatic rings. The minimum absolute atomic E-state index is 0.0629. The average Bonchev–Trinajstić information content (AvgIpc) is 2.76. The molecule has 0 unspecified atom stereocenters. The highest BCUT2D eigenvalue weighted by Gasteiger charge is 2.28. The number of fused-ring (bicyclic) bond motifs is 1. The fraction of sp³-hybridized carbons (Fsp3) is 0.375. The third-order valence-corrected chi connectivity index (χ3v) is 3.37. The lowest BCUT2D eigenvalue weighted by Crippen LogP contribution is -2.28. The predicted molar refractivity (Wildman–Crippen MR) is 65.8 cm³/mol. The van der Waals surface area contributed by atoms with Crippen molar-refractivity contribution in [2.24, 2.45) is 0 Å². The molecule has 0 aliphatic carbocycles. The number of hydrogen-bond acceptors (Lipinski definition) is 5. The second-order valence-corrected chi connectivity index (χ2v) is 5.13. The number of imidazole rings is 1. The largest absolute Gasteiger partial charge is 0.432 e. The summed E-state index contributed by atoms with van der Waals surface area (Å²) in [4.78, 5) is 42.8. The Balaban J connectivity index is 2.49. The minimum Gasteiger partial charge on any atom is -0.383 e. The van der Waals surface area contributed by atoms with Crippen molar-refractivity contribution in [3.8, 4) is 0 Å². The molecule has 0 radical (unpaired) electrons. The lowest BCUT2D eigenvalue weighted by molar-refractivity contribution is 0.206. The summed E-state index contributed by atoms with van der Waals surface area (Å²) in [6, 6.07) is 0. The summed E-state index contributed by atoms with van der Waals surface area (Å²) >= 11 is 0. The van der Waals surface area contributed by atoms with Crippen molar-refractivity contribution in [3.05, 3.63) is 16.7 Å². The van der Waals surface area contributed by atoms with Crippen LogP contribution in [0.15, 0.2) is 11.1 Å². The Kier molecular flexibility index (Phi) is 3.67. The van der Waals surface area contributed by atoms with Gasteiger partial charge in [-0.2, -0.15) is 4.98 Å². The highest BCUT2D eigenvalue weighted by molar-refractivity contribution is 7.53. The molecule has 0 amide bonds. The highest BCUT2D eigenvalue weighted by atomic mass is 31.2. The maximum absolute atomic E-state index is 11.7. The monoisotopic (exact) mass is 289 g/mol. The van der Waals surface area contributed by atoms with Crippen molar-refractivity contribution >= 4 is 24.9 Å². The number of H-pyrrole nitrogens is 2. The molecular weight excluding hydrogens is 277 g/mol. The van der Waals surface area contributed by atoms with Gasteiger partial charge in [-0.05, 0) is 0 Å². The molecule has 0 saturated carbocycles. The first-order chi connectivity index (χ1) is 8.93. The second-order valence-electron chi connectivity index (χ2n) is 3.62. The Bertz CT molecular complexity index is 675. The molecule has 0 aliphatic rings. The van der Waals surface area contributed by atoms with Crippen LogP contribution in [0.2, 0.25) is 0 Å². The van der Waals surface area contributed by atoms with E-state index in [1.165, 1.54) is 13.4 Å². The van der Waals surface area contributed by atoms with Gasteiger partial charge in [0.05, 0.1) is 19.5 Å². The first kappa shape index (κ1) is 13.7. The van der Waals surface area contributed by atoms with Gasteiger partial charge in [-0.15, -0.1) is 0 Å². The molecule has 2 aromatic heterocycles. The lowest BCUT2D eigenvalue weighted by Gasteiger charge is -2.22. The van der Waals surface area contributed by atoms with E-state index in [9.17, 15) is 19.1 Å². The molecule has 10 nitrogen and oxygen atoms in total. The Hall–Kier alpha value is -1.74. The van der Waals surface area contributed by atoms with Crippen LogP contribution in [0.5, 0.6) is 0 Å². The average molecular weight is 289 g/mol. The minimum atomic E-state index is -4.62. The van der Waals surface area contributed by atoms with Gasteiger partial charge in [0.25, 0.3) is 5.56 Å². The van der Waals surface area contributed by atoms with Crippen molar-refractivity contribution in [2.45, 2.75) is 0 Å². The van der Waals surface area contributed by atoms with Crippen molar-refractivity contribution in [3.63, 3.8) is 0 Å². The van der Waals surface area contributed by atoms with Crippen LogP contribution in [-0.2, 0) is 9.30 Å². The fourth-order valence-electron chi connectivity index (χ4n) is 1.49. The summed E-state index contributed by atoms with van der Waals surface area (Å²) in [5.41, 5.74) is -0.343. The molecule has 0 spiro atoms. The van der Waals surface area contributed by atoms with Crippen molar-refractivity contribution in [1.82, 2.24) is 19.9 Å². The number of nitrogens with zero attached hydrogens (tertiary/aromatic N) is 3. The van der Waals surface area contributed by atoms with E-state index in [1.807, 2.05) is 0 Å². The standard InChI is InChI=1S/C8H12N5O5P/c1-18-3-2-13(19(15,16)17)8-11-6-5(7(14)12-8)9-4-10-6/h4H,2-3H2,1H3,(H2,15,16,17)(H2,9,10,11,12,14). The summed E-state index contributed by atoms with van der Waals surface area (Å²) in [7, 11) is -3.23. The number of methoxy groups -OCH3 is 1. The zero-order chi connectivity index (χ0) is 14.0. The van der Waals surface area contributed by atoms with Gasteiger partial charge < -0.3 is 19.5 Å². The van der Waals surface area contributed by atoms with Crippen LogP contribution in [0, 0.1) is 0 Å². The van der Waals surface area contributed by atoms with Crippen LogP contribution in [0.3, 0.4) is 0 Å². The summed E-state index contributed by atoms with van der Waals surface area (Å²) in [5.74, 6) is -0.255. The molecule has 0 fully saturated rings. The molecule has 4 N–H and O–H groups in total. The van der Waals surface area contributed by atoms with Crippen LogP contribution in [0.4, 0.5) is 5.95 Å². The quantitative estimate of drug-likeness (QED) is 0.523. The molecule has 2 rings (SSSR count). The third kappa shape index (κ3) is 2.82. The summed E-state index contributed by atoms with van der Waals surface area (Å²) in [5, 5.41) is 0. The SMILES string of the molecule is COCCN(c1nc2nc[nH]c2c(=O)[nH]1)P(=O)(O)O. The molecule has 0 atom stereocenters. The topological polar surface area (TPSA) is 144 Å². The van der Waals surface area contributed by atoms with Gasteiger partial charge in [0.1, 0.15) is 0 Å². The molecular formula is C8H12N5O5P. The van der Waals surface area contributed by atoms with Gasteiger partial charge in [-0.1, -0.05) is 0 Å². The first-order valence-electron chi connectivity index (χ1n) is 5.19. The lowest BCUT2D eigenvalue weighted by atomic mass is 10.5. The first-order valence-corrected chi connectivity index (χ1v) is 6.76. The molecule has 0 bridgehead atoms. The van der Waals surface area contributed by atoms with Crippen molar-refractivity contribution < 1.29 is 19.1 Å². The molecule has 0 aliphatic heterocycles. The number of aromatic amines is 2. The second kappa shape index (κ2) is 5.10. The van der Waals surface area contributed by atoms with Gasteiger partial charge in [-0.3, -0.25) is 9.78 Å². The van der Waals surface area contributed by atoms with Crippen molar-refractivity contribution in [2.75, 3.05) is 24.9 Å². The van der Waals surface area contributed by atoms with Gasteiger partial charge in [0, 0.05) is 7.11 Å². The Morgan fingerprint density at radius 1 is 1.53 bits per heavy atom. The van der Waals surface area contributed by atoms with Crippen LogP contribution >= 0.6 is 7.75 Å². The maximum atomic E-state index is 11.7.